The lowest BCUT2D eigenvalue weighted by molar-refractivity contribution is 0.818. The van der Waals surface area contributed by atoms with Crippen LogP contribution in [0.5, 0.6) is 0 Å². The second kappa shape index (κ2) is 8.28. The molecule has 1 heteroatoms. The van der Waals surface area contributed by atoms with Gasteiger partial charge in [0.15, 0.2) is 0 Å². The Morgan fingerprint density at radius 1 is 1.08 bits per heavy atom. The Balaban J connectivity index is 0.000000354. The number of nitrogens with one attached hydrogen (secondary N) is 1. The summed E-state index contributed by atoms with van der Waals surface area (Å²) in [5.74, 6) is 0. The minimum atomic E-state index is 0.959. The molecule has 0 aromatic heterocycles. The van der Waals surface area contributed by atoms with Gasteiger partial charge in [0, 0.05) is 6.54 Å². The van der Waals surface area contributed by atoms with Crippen LogP contribution in [0.4, 0.5) is 0 Å². The normalized spacial score (nSPS) is 8.58. The molecule has 0 spiro atoms. The monoisotopic (exact) mass is 165 g/mol. The van der Waals surface area contributed by atoms with Crippen molar-refractivity contribution in [2.45, 2.75) is 26.8 Å². The molecular formula is C11H19N. The van der Waals surface area contributed by atoms with Crippen molar-refractivity contribution >= 4 is 0 Å². The van der Waals surface area contributed by atoms with Gasteiger partial charge in [-0.2, -0.15) is 0 Å². The first kappa shape index (κ1) is 11.2. The summed E-state index contributed by atoms with van der Waals surface area (Å²) in [6.07, 6.45) is 1.25. The fourth-order valence-corrected chi connectivity index (χ4v) is 0.800. The summed E-state index contributed by atoms with van der Waals surface area (Å²) in [4.78, 5) is 0. The van der Waals surface area contributed by atoms with Gasteiger partial charge in [-0.3, -0.25) is 0 Å². The Hall–Kier alpha value is -0.820. The summed E-state index contributed by atoms with van der Waals surface area (Å²) in [6.45, 7) is 5.21. The van der Waals surface area contributed by atoms with E-state index in [-0.39, 0.29) is 0 Å². The maximum atomic E-state index is 3.08. The van der Waals surface area contributed by atoms with Gasteiger partial charge in [0.05, 0.1) is 0 Å². The van der Waals surface area contributed by atoms with Crippen LogP contribution in [0.2, 0.25) is 0 Å². The van der Waals surface area contributed by atoms with Gasteiger partial charge in [0.25, 0.3) is 0 Å². The maximum absolute atomic E-state index is 3.08. The third kappa shape index (κ3) is 5.93. The maximum Gasteiger partial charge on any atom is 0.0202 e. The number of hydrogen-bond acceptors (Lipinski definition) is 1. The minimum absolute atomic E-state index is 0.959. The first-order valence-electron chi connectivity index (χ1n) is 4.53. The zero-order valence-corrected chi connectivity index (χ0v) is 8.30. The number of rotatable bonds is 2. The first-order valence-corrected chi connectivity index (χ1v) is 4.53. The van der Waals surface area contributed by atoms with Crippen LogP contribution in [0.1, 0.15) is 25.8 Å². The molecule has 1 aromatic carbocycles. The molecule has 12 heavy (non-hydrogen) atoms. The third-order valence-corrected chi connectivity index (χ3v) is 1.22. The molecule has 68 valence electrons. The molecular weight excluding hydrogens is 146 g/mol. The molecule has 1 aromatic rings. The molecule has 1 rings (SSSR count). The zero-order valence-electron chi connectivity index (χ0n) is 8.30. The fourth-order valence-electron chi connectivity index (χ4n) is 0.800. The van der Waals surface area contributed by atoms with Crippen molar-refractivity contribution in [2.24, 2.45) is 0 Å². The quantitative estimate of drug-likeness (QED) is 0.710. The molecule has 1 N–H and O–H groups in total. The fraction of sp³-hybridized carbons (Fsp3) is 0.455. The molecule has 0 amide bonds. The van der Waals surface area contributed by atoms with Gasteiger partial charge in [-0.1, -0.05) is 50.6 Å². The van der Waals surface area contributed by atoms with Crippen molar-refractivity contribution in [1.82, 2.24) is 5.32 Å². The van der Waals surface area contributed by atoms with Gasteiger partial charge in [-0.15, -0.1) is 0 Å². The lowest BCUT2D eigenvalue weighted by atomic mass is 10.2. The Bertz CT molecular complexity index is 170. The van der Waals surface area contributed by atoms with Crippen molar-refractivity contribution in [3.05, 3.63) is 35.9 Å². The van der Waals surface area contributed by atoms with Crippen LogP contribution < -0.4 is 5.32 Å². The van der Waals surface area contributed by atoms with E-state index in [1.807, 2.05) is 25.2 Å². The predicted octanol–water partition coefficient (Wildman–Crippen LogP) is 2.82. The van der Waals surface area contributed by atoms with E-state index in [1.54, 1.807) is 0 Å². The van der Waals surface area contributed by atoms with Crippen molar-refractivity contribution in [2.75, 3.05) is 7.05 Å². The molecule has 0 heterocycles. The van der Waals surface area contributed by atoms with Gasteiger partial charge >= 0.3 is 0 Å². The second-order valence-electron chi connectivity index (χ2n) is 2.72. The highest BCUT2D eigenvalue weighted by atomic mass is 14.8. The van der Waals surface area contributed by atoms with Gasteiger partial charge in [-0.05, 0) is 12.6 Å². The average molecular weight is 165 g/mol. The van der Waals surface area contributed by atoms with Gasteiger partial charge in [0.2, 0.25) is 0 Å². The van der Waals surface area contributed by atoms with E-state index in [1.165, 1.54) is 12.0 Å². The third-order valence-electron chi connectivity index (χ3n) is 1.22. The average Bonchev–Trinajstić information content (AvgIpc) is 2.08. The van der Waals surface area contributed by atoms with Crippen molar-refractivity contribution in [1.29, 1.82) is 0 Å². The van der Waals surface area contributed by atoms with Crippen LogP contribution in [-0.2, 0) is 6.54 Å². The Labute approximate surface area is 75.8 Å². The van der Waals surface area contributed by atoms with Crippen LogP contribution in [0.15, 0.2) is 30.3 Å². The number of benzene rings is 1. The SMILES string of the molecule is CCC.CNCc1ccccc1. The first-order chi connectivity index (χ1) is 5.85. The van der Waals surface area contributed by atoms with E-state index in [0.29, 0.717) is 0 Å². The standard InChI is InChI=1S/C8H11N.C3H8/c1-9-7-8-5-3-2-4-6-8;1-3-2/h2-6,9H,7H2,1H3;3H2,1-2H3. The summed E-state index contributed by atoms with van der Waals surface area (Å²) >= 11 is 0. The molecule has 0 atom stereocenters. The lowest BCUT2D eigenvalue weighted by Gasteiger charge is -1.95. The molecule has 0 aliphatic rings. The molecule has 0 fully saturated rings. The summed E-state index contributed by atoms with van der Waals surface area (Å²) in [6, 6.07) is 10.3. The van der Waals surface area contributed by atoms with Gasteiger partial charge in [-0.25, -0.2) is 0 Å². The molecule has 0 aliphatic heterocycles. The molecule has 0 radical (unpaired) electrons. The summed E-state index contributed by atoms with van der Waals surface area (Å²) < 4.78 is 0. The predicted molar refractivity (Wildman–Crippen MR) is 55.2 cm³/mol. The van der Waals surface area contributed by atoms with Crippen LogP contribution in [0.25, 0.3) is 0 Å². The molecule has 0 saturated heterocycles. The summed E-state index contributed by atoms with van der Waals surface area (Å²) in [7, 11) is 1.95. The van der Waals surface area contributed by atoms with Crippen molar-refractivity contribution in [3.8, 4) is 0 Å². The Morgan fingerprint density at radius 3 is 2.00 bits per heavy atom. The van der Waals surface area contributed by atoms with E-state index < -0.39 is 0 Å². The molecule has 0 bridgehead atoms. The molecule has 1 nitrogen and oxygen atoms in total. The number of hydrogen-bond donors (Lipinski definition) is 1. The highest BCUT2D eigenvalue weighted by Gasteiger charge is 1.83. The largest absolute Gasteiger partial charge is 0.316 e. The Kier molecular flexibility index (Phi) is 7.71. The van der Waals surface area contributed by atoms with Crippen molar-refractivity contribution in [3.63, 3.8) is 0 Å². The molecule has 0 saturated carbocycles. The van der Waals surface area contributed by atoms with Crippen LogP contribution in [-0.4, -0.2) is 7.05 Å². The highest BCUT2D eigenvalue weighted by Crippen LogP contribution is 1.95. The second-order valence-corrected chi connectivity index (χ2v) is 2.72. The summed E-state index contributed by atoms with van der Waals surface area (Å²) in [5, 5.41) is 3.08. The summed E-state index contributed by atoms with van der Waals surface area (Å²) in [5.41, 5.74) is 1.33. The van der Waals surface area contributed by atoms with Gasteiger partial charge < -0.3 is 5.32 Å². The molecule has 0 unspecified atom stereocenters. The van der Waals surface area contributed by atoms with E-state index in [2.05, 4.69) is 31.3 Å². The van der Waals surface area contributed by atoms with E-state index in [4.69, 9.17) is 0 Å². The topological polar surface area (TPSA) is 12.0 Å². The smallest absolute Gasteiger partial charge is 0.0202 e. The highest BCUT2D eigenvalue weighted by molar-refractivity contribution is 5.13. The lowest BCUT2D eigenvalue weighted by Crippen LogP contribution is -2.04. The molecule has 0 aliphatic carbocycles. The van der Waals surface area contributed by atoms with Crippen LogP contribution >= 0.6 is 0 Å². The minimum Gasteiger partial charge on any atom is -0.316 e. The van der Waals surface area contributed by atoms with Crippen molar-refractivity contribution < 1.29 is 0 Å². The van der Waals surface area contributed by atoms with E-state index >= 15 is 0 Å². The van der Waals surface area contributed by atoms with Crippen LogP contribution in [0, 0.1) is 0 Å². The van der Waals surface area contributed by atoms with Gasteiger partial charge in [0.1, 0.15) is 0 Å². The van der Waals surface area contributed by atoms with E-state index in [0.717, 1.165) is 6.54 Å². The van der Waals surface area contributed by atoms with E-state index in [9.17, 15) is 0 Å². The van der Waals surface area contributed by atoms with Crippen LogP contribution in [0.3, 0.4) is 0 Å². The zero-order chi connectivity index (χ0) is 9.23. The Morgan fingerprint density at radius 2 is 1.58 bits per heavy atom.